The van der Waals surface area contributed by atoms with Crippen molar-refractivity contribution in [2.75, 3.05) is 36.8 Å². The molecule has 1 saturated heterocycles. The highest BCUT2D eigenvalue weighted by Gasteiger charge is 2.52. The second-order valence-corrected chi connectivity index (χ2v) is 16.0. The van der Waals surface area contributed by atoms with Crippen LogP contribution in [-0.4, -0.2) is 61.2 Å². The molecule has 1 aromatic heterocycles. The normalized spacial score (nSPS) is 26.0. The standard InChI is InChI=1S/C35H39F3N4O4S/c36-35(37,38)30-13-26(12-28(14-30)29-15-32(43)20-39-19-29)21-41-5-7-42(8-6-41)31-3-1-27(2-4-31)33(44)40-47(45,46)22-34-16-23-9-24(17-34)11-25(10-23)18-34/h1-4,12-15,19-20,23-25,43H,5-11,16-18,21-22H2,(H,40,44). The summed E-state index contributed by atoms with van der Waals surface area (Å²) in [6, 6.07) is 12.2. The van der Waals surface area contributed by atoms with Crippen LogP contribution in [0.3, 0.4) is 0 Å². The number of sulfonamides is 1. The number of halogens is 3. The Morgan fingerprint density at radius 2 is 1.53 bits per heavy atom. The fraction of sp³-hybridized carbons (Fsp3) is 0.486. The van der Waals surface area contributed by atoms with E-state index in [4.69, 9.17) is 0 Å². The van der Waals surface area contributed by atoms with E-state index in [-0.39, 0.29) is 22.5 Å². The first-order valence-corrected chi connectivity index (χ1v) is 17.9. The topological polar surface area (TPSA) is 103 Å². The molecule has 4 bridgehead atoms. The Morgan fingerprint density at radius 3 is 2.13 bits per heavy atom. The molecule has 8 rings (SSSR count). The highest BCUT2D eigenvalue weighted by Crippen LogP contribution is 2.60. The number of carbonyl (C=O) groups is 1. The van der Waals surface area contributed by atoms with E-state index < -0.39 is 27.7 Å². The number of aromatic hydroxyl groups is 1. The zero-order valence-corrected chi connectivity index (χ0v) is 26.9. The summed E-state index contributed by atoms with van der Waals surface area (Å²) in [4.78, 5) is 21.1. The molecular formula is C35H39F3N4O4S. The monoisotopic (exact) mass is 668 g/mol. The van der Waals surface area contributed by atoms with E-state index in [0.29, 0.717) is 67.2 Å². The van der Waals surface area contributed by atoms with Gasteiger partial charge in [0, 0.05) is 55.7 Å². The van der Waals surface area contributed by atoms with Gasteiger partial charge in [0.2, 0.25) is 10.0 Å². The van der Waals surface area contributed by atoms with Crippen molar-refractivity contribution in [3.05, 3.63) is 77.6 Å². The van der Waals surface area contributed by atoms with Crippen molar-refractivity contribution in [2.24, 2.45) is 23.2 Å². The van der Waals surface area contributed by atoms with Gasteiger partial charge in [-0.05, 0) is 121 Å². The minimum absolute atomic E-state index is 0.0203. The molecule has 5 fully saturated rings. The third-order valence-electron chi connectivity index (χ3n) is 10.6. The van der Waals surface area contributed by atoms with Gasteiger partial charge in [0.1, 0.15) is 5.75 Å². The number of hydrogen-bond donors (Lipinski definition) is 2. The summed E-state index contributed by atoms with van der Waals surface area (Å²) >= 11 is 0. The number of aromatic nitrogens is 1. The number of hydrogen-bond acceptors (Lipinski definition) is 7. The van der Waals surface area contributed by atoms with Gasteiger partial charge in [-0.3, -0.25) is 14.7 Å². The van der Waals surface area contributed by atoms with Crippen LogP contribution in [0.1, 0.15) is 60.0 Å². The number of anilines is 1. The molecule has 8 nitrogen and oxygen atoms in total. The highest BCUT2D eigenvalue weighted by molar-refractivity contribution is 7.90. The second-order valence-electron chi connectivity index (χ2n) is 14.3. The number of nitrogens with zero attached hydrogens (tertiary/aromatic N) is 3. The van der Waals surface area contributed by atoms with Gasteiger partial charge in [-0.25, -0.2) is 13.1 Å². The Morgan fingerprint density at radius 1 is 0.894 bits per heavy atom. The minimum atomic E-state index is -4.52. The molecular weight excluding hydrogens is 629 g/mol. The number of benzene rings is 2. The number of amides is 1. The maximum absolute atomic E-state index is 13.7. The predicted molar refractivity (Wildman–Crippen MR) is 172 cm³/mol. The number of rotatable bonds is 8. The number of piperazine rings is 1. The molecule has 4 aliphatic carbocycles. The van der Waals surface area contributed by atoms with Gasteiger partial charge >= 0.3 is 6.18 Å². The SMILES string of the molecule is O=C(NS(=O)(=O)CC12CC3CC(CC(C3)C1)C2)c1ccc(N2CCN(Cc3cc(-c4cncc(O)c4)cc(C(F)(F)F)c3)CC2)cc1. The van der Waals surface area contributed by atoms with Crippen molar-refractivity contribution in [1.82, 2.24) is 14.6 Å². The average Bonchev–Trinajstić information content (AvgIpc) is 2.99. The summed E-state index contributed by atoms with van der Waals surface area (Å²) in [5.41, 5.74) is 1.47. The molecule has 5 aliphatic rings. The zero-order chi connectivity index (χ0) is 33.0. The van der Waals surface area contributed by atoms with Crippen molar-refractivity contribution in [3.8, 4) is 16.9 Å². The third-order valence-corrected chi connectivity index (χ3v) is 12.0. The van der Waals surface area contributed by atoms with Crippen molar-refractivity contribution < 1.29 is 31.5 Å². The summed E-state index contributed by atoms with van der Waals surface area (Å²) in [5, 5.41) is 9.79. The molecule has 0 unspecified atom stereocenters. The summed E-state index contributed by atoms with van der Waals surface area (Å²) in [7, 11) is -3.78. The Labute approximate surface area is 273 Å². The summed E-state index contributed by atoms with van der Waals surface area (Å²) in [6.45, 7) is 2.82. The van der Waals surface area contributed by atoms with E-state index in [1.54, 1.807) is 30.3 Å². The molecule has 0 spiro atoms. The van der Waals surface area contributed by atoms with Crippen molar-refractivity contribution in [3.63, 3.8) is 0 Å². The quantitative estimate of drug-likeness (QED) is 0.301. The van der Waals surface area contributed by atoms with Crippen LogP contribution in [0.4, 0.5) is 18.9 Å². The Bertz CT molecular complexity index is 1720. The molecule has 0 radical (unpaired) electrons. The van der Waals surface area contributed by atoms with Crippen LogP contribution < -0.4 is 9.62 Å². The van der Waals surface area contributed by atoms with Crippen LogP contribution in [0.15, 0.2) is 60.9 Å². The van der Waals surface area contributed by atoms with Crippen molar-refractivity contribution >= 4 is 21.6 Å². The molecule has 47 heavy (non-hydrogen) atoms. The second kappa shape index (κ2) is 12.1. The summed E-state index contributed by atoms with van der Waals surface area (Å²) < 4.78 is 69.8. The zero-order valence-electron chi connectivity index (χ0n) is 26.0. The largest absolute Gasteiger partial charge is 0.506 e. The Hall–Kier alpha value is -3.64. The maximum atomic E-state index is 13.7. The maximum Gasteiger partial charge on any atom is 0.416 e. The van der Waals surface area contributed by atoms with Gasteiger partial charge < -0.3 is 10.0 Å². The van der Waals surface area contributed by atoms with E-state index in [2.05, 4.69) is 19.5 Å². The van der Waals surface area contributed by atoms with Gasteiger partial charge in [-0.2, -0.15) is 13.2 Å². The van der Waals surface area contributed by atoms with Crippen molar-refractivity contribution in [1.29, 1.82) is 0 Å². The Kier molecular flexibility index (Phi) is 8.23. The fourth-order valence-electron chi connectivity index (χ4n) is 9.05. The van der Waals surface area contributed by atoms with Gasteiger partial charge in [-0.1, -0.05) is 0 Å². The lowest BCUT2D eigenvalue weighted by atomic mass is 9.50. The predicted octanol–water partition coefficient (Wildman–Crippen LogP) is 6.07. The molecule has 4 saturated carbocycles. The first-order chi connectivity index (χ1) is 22.3. The number of carbonyl (C=O) groups excluding carboxylic acids is 1. The van der Waals surface area contributed by atoms with Crippen LogP contribution in [0.2, 0.25) is 0 Å². The van der Waals surface area contributed by atoms with E-state index in [1.165, 1.54) is 43.8 Å². The van der Waals surface area contributed by atoms with E-state index >= 15 is 0 Å². The number of nitrogens with one attached hydrogen (secondary N) is 1. The third kappa shape index (κ3) is 7.13. The summed E-state index contributed by atoms with van der Waals surface area (Å²) in [6.07, 6.45) is 4.67. The molecule has 0 atom stereocenters. The lowest BCUT2D eigenvalue weighted by Crippen LogP contribution is -2.51. The minimum Gasteiger partial charge on any atom is -0.506 e. The molecule has 250 valence electrons. The van der Waals surface area contributed by atoms with E-state index in [0.717, 1.165) is 31.0 Å². The molecule has 3 aromatic rings. The van der Waals surface area contributed by atoms with Crippen LogP contribution in [-0.2, 0) is 22.7 Å². The molecule has 12 heteroatoms. The first kappa shape index (κ1) is 31.9. The molecule has 1 amide bonds. The van der Waals surface area contributed by atoms with Gasteiger partial charge in [0.25, 0.3) is 5.91 Å². The van der Waals surface area contributed by atoms with Crippen LogP contribution in [0, 0.1) is 23.2 Å². The fourth-order valence-corrected chi connectivity index (χ4v) is 10.7. The smallest absolute Gasteiger partial charge is 0.416 e. The number of pyridine rings is 1. The summed E-state index contributed by atoms with van der Waals surface area (Å²) in [5.74, 6) is 1.17. The van der Waals surface area contributed by atoms with E-state index in [9.17, 15) is 31.5 Å². The highest BCUT2D eigenvalue weighted by atomic mass is 32.2. The molecule has 1 aliphatic heterocycles. The van der Waals surface area contributed by atoms with E-state index in [1.807, 2.05) is 0 Å². The van der Waals surface area contributed by atoms with Gasteiger partial charge in [0.05, 0.1) is 17.5 Å². The lowest BCUT2D eigenvalue weighted by Gasteiger charge is -2.56. The van der Waals surface area contributed by atoms with Gasteiger partial charge in [0.15, 0.2) is 0 Å². The number of alkyl halides is 3. The van der Waals surface area contributed by atoms with Crippen LogP contribution >= 0.6 is 0 Å². The average molecular weight is 669 g/mol. The Balaban J connectivity index is 0.952. The molecule has 2 heterocycles. The lowest BCUT2D eigenvalue weighted by molar-refractivity contribution is -0.137. The molecule has 2 N–H and O–H groups in total. The molecule has 2 aromatic carbocycles. The van der Waals surface area contributed by atoms with Crippen LogP contribution in [0.25, 0.3) is 11.1 Å². The van der Waals surface area contributed by atoms with Crippen LogP contribution in [0.5, 0.6) is 5.75 Å². The van der Waals surface area contributed by atoms with Gasteiger partial charge in [-0.15, -0.1) is 0 Å². The first-order valence-electron chi connectivity index (χ1n) is 16.3. The van der Waals surface area contributed by atoms with Crippen molar-refractivity contribution in [2.45, 2.75) is 51.2 Å².